The van der Waals surface area contributed by atoms with Crippen molar-refractivity contribution >= 4 is 35.7 Å². The summed E-state index contributed by atoms with van der Waals surface area (Å²) < 4.78 is -0.197. The van der Waals surface area contributed by atoms with E-state index in [9.17, 15) is 19.2 Å². The van der Waals surface area contributed by atoms with Crippen molar-refractivity contribution in [1.82, 2.24) is 10.6 Å². The molecule has 0 aromatic heterocycles. The molecule has 9 nitrogen and oxygen atoms in total. The second-order valence-corrected chi connectivity index (χ2v) is 7.60. The van der Waals surface area contributed by atoms with Gasteiger partial charge in [0.05, 0.1) is 0 Å². The molecule has 0 spiro atoms. The van der Waals surface area contributed by atoms with E-state index in [2.05, 4.69) is 10.6 Å². The smallest absolute Gasteiger partial charge is 0.327 e. The highest BCUT2D eigenvalue weighted by molar-refractivity contribution is 8.00. The first kappa shape index (κ1) is 21.0. The Morgan fingerprint density at radius 2 is 1.43 bits per heavy atom. The van der Waals surface area contributed by atoms with Gasteiger partial charge >= 0.3 is 23.9 Å². The van der Waals surface area contributed by atoms with E-state index in [1.807, 2.05) is 20.8 Å². The van der Waals surface area contributed by atoms with Crippen LogP contribution in [-0.4, -0.2) is 61.8 Å². The Kier molecular flexibility index (Phi) is 8.44. The van der Waals surface area contributed by atoms with Crippen LogP contribution in [0.25, 0.3) is 0 Å². The zero-order chi connectivity index (χ0) is 18.2. The van der Waals surface area contributed by atoms with Crippen molar-refractivity contribution in [1.29, 1.82) is 0 Å². The molecule has 0 saturated heterocycles. The summed E-state index contributed by atoms with van der Waals surface area (Å²) in [6.07, 6.45) is -0.730. The fourth-order valence-corrected chi connectivity index (χ4v) is 2.28. The van der Waals surface area contributed by atoms with Crippen molar-refractivity contribution in [3.63, 3.8) is 0 Å². The highest BCUT2D eigenvalue weighted by atomic mass is 32.2. The SMILES string of the molecule is CC(C)(C)SCC(NC(=O)NC(CCC(=O)O)C(=O)O)C(=O)O. The van der Waals surface area contributed by atoms with Crippen LogP contribution in [0.1, 0.15) is 33.6 Å². The predicted octanol–water partition coefficient (Wildman–Crippen LogP) is 0.589. The third kappa shape index (κ3) is 10.4. The molecule has 0 aromatic carbocycles. The fraction of sp³-hybridized carbons (Fsp3) is 0.692. The number of rotatable bonds is 9. The van der Waals surface area contributed by atoms with Gasteiger partial charge in [0, 0.05) is 16.9 Å². The lowest BCUT2D eigenvalue weighted by Gasteiger charge is -2.22. The lowest BCUT2D eigenvalue weighted by atomic mass is 10.1. The zero-order valence-electron chi connectivity index (χ0n) is 13.2. The molecule has 0 aliphatic rings. The lowest BCUT2D eigenvalue weighted by Crippen LogP contribution is -2.52. The van der Waals surface area contributed by atoms with Crippen molar-refractivity contribution < 1.29 is 34.5 Å². The van der Waals surface area contributed by atoms with Crippen LogP contribution in [0.2, 0.25) is 0 Å². The van der Waals surface area contributed by atoms with E-state index < -0.39 is 42.4 Å². The molecule has 0 bridgehead atoms. The number of hydrogen-bond acceptors (Lipinski definition) is 5. The quantitative estimate of drug-likeness (QED) is 0.405. The standard InChI is InChI=1S/C13H22N2O7S/c1-13(2,3)23-6-8(11(20)21)15-12(22)14-7(10(18)19)4-5-9(16)17/h7-8H,4-6H2,1-3H3,(H,16,17)(H,18,19)(H,20,21)(H2,14,15,22). The molecule has 0 heterocycles. The van der Waals surface area contributed by atoms with E-state index in [0.29, 0.717) is 0 Å². The van der Waals surface area contributed by atoms with Gasteiger partial charge in [-0.1, -0.05) is 20.8 Å². The molecule has 2 atom stereocenters. The molecule has 10 heteroatoms. The molecule has 0 aliphatic carbocycles. The number of carboxylic acids is 3. The van der Waals surface area contributed by atoms with E-state index in [0.717, 1.165) is 0 Å². The molecule has 2 unspecified atom stereocenters. The van der Waals surface area contributed by atoms with Crippen LogP contribution < -0.4 is 10.6 Å². The van der Waals surface area contributed by atoms with E-state index in [-0.39, 0.29) is 16.9 Å². The Hall–Kier alpha value is -1.97. The number of hydrogen-bond donors (Lipinski definition) is 5. The lowest BCUT2D eigenvalue weighted by molar-refractivity contribution is -0.140. The van der Waals surface area contributed by atoms with E-state index in [1.165, 1.54) is 11.8 Å². The minimum absolute atomic E-state index is 0.110. The van der Waals surface area contributed by atoms with Crippen LogP contribution in [0.15, 0.2) is 0 Å². The van der Waals surface area contributed by atoms with Gasteiger partial charge < -0.3 is 26.0 Å². The summed E-state index contributed by atoms with van der Waals surface area (Å²) in [4.78, 5) is 44.3. The molecule has 23 heavy (non-hydrogen) atoms. The number of aliphatic carboxylic acids is 3. The van der Waals surface area contributed by atoms with Crippen molar-refractivity contribution in [3.05, 3.63) is 0 Å². The molecule has 0 fully saturated rings. The first-order chi connectivity index (χ1) is 10.4. The van der Waals surface area contributed by atoms with Crippen molar-refractivity contribution in [2.75, 3.05) is 5.75 Å². The third-order valence-electron chi connectivity index (χ3n) is 2.54. The Bertz CT molecular complexity index is 462. The van der Waals surface area contributed by atoms with Gasteiger partial charge in [-0.25, -0.2) is 14.4 Å². The Morgan fingerprint density at radius 1 is 0.957 bits per heavy atom. The summed E-state index contributed by atoms with van der Waals surface area (Å²) in [5, 5.41) is 30.8. The molecule has 0 radical (unpaired) electrons. The molecular formula is C13H22N2O7S. The van der Waals surface area contributed by atoms with Gasteiger partial charge in [0.2, 0.25) is 0 Å². The minimum atomic E-state index is -1.41. The fourth-order valence-electron chi connectivity index (χ4n) is 1.39. The van der Waals surface area contributed by atoms with Gasteiger partial charge in [-0.05, 0) is 6.42 Å². The van der Waals surface area contributed by atoms with Gasteiger partial charge in [0.1, 0.15) is 12.1 Å². The normalized spacial score (nSPS) is 13.7. The van der Waals surface area contributed by atoms with Crippen molar-refractivity contribution in [2.24, 2.45) is 0 Å². The van der Waals surface area contributed by atoms with Gasteiger partial charge in [0.15, 0.2) is 0 Å². The minimum Gasteiger partial charge on any atom is -0.481 e. The maximum atomic E-state index is 11.7. The average molecular weight is 350 g/mol. The van der Waals surface area contributed by atoms with Crippen LogP contribution in [-0.2, 0) is 14.4 Å². The molecule has 0 aliphatic heterocycles. The number of urea groups is 1. The second-order valence-electron chi connectivity index (χ2n) is 5.76. The van der Waals surface area contributed by atoms with E-state index in [4.69, 9.17) is 15.3 Å². The highest BCUT2D eigenvalue weighted by Crippen LogP contribution is 2.23. The Morgan fingerprint density at radius 3 is 1.83 bits per heavy atom. The molecular weight excluding hydrogens is 328 g/mol. The highest BCUT2D eigenvalue weighted by Gasteiger charge is 2.26. The average Bonchev–Trinajstić information content (AvgIpc) is 2.37. The van der Waals surface area contributed by atoms with Gasteiger partial charge in [-0.3, -0.25) is 4.79 Å². The van der Waals surface area contributed by atoms with Crippen LogP contribution in [0, 0.1) is 0 Å². The summed E-state index contributed by atoms with van der Waals surface area (Å²) in [7, 11) is 0. The van der Waals surface area contributed by atoms with Crippen LogP contribution in [0.4, 0.5) is 4.79 Å². The number of carbonyl (C=O) groups excluding carboxylic acids is 1. The zero-order valence-corrected chi connectivity index (χ0v) is 14.0. The summed E-state index contributed by atoms with van der Waals surface area (Å²) in [6.45, 7) is 5.68. The first-order valence-corrected chi connectivity index (χ1v) is 7.79. The van der Waals surface area contributed by atoms with Gasteiger partial charge in [-0.2, -0.15) is 11.8 Å². The second kappa shape index (κ2) is 9.23. The maximum Gasteiger partial charge on any atom is 0.327 e. The Balaban J connectivity index is 4.62. The predicted molar refractivity (Wildman–Crippen MR) is 83.6 cm³/mol. The van der Waals surface area contributed by atoms with E-state index >= 15 is 0 Å². The van der Waals surface area contributed by atoms with E-state index in [1.54, 1.807) is 0 Å². The molecule has 0 rings (SSSR count). The van der Waals surface area contributed by atoms with Crippen LogP contribution in [0.5, 0.6) is 0 Å². The third-order valence-corrected chi connectivity index (χ3v) is 3.90. The molecule has 0 saturated carbocycles. The van der Waals surface area contributed by atoms with Crippen molar-refractivity contribution in [3.8, 4) is 0 Å². The first-order valence-electron chi connectivity index (χ1n) is 6.80. The largest absolute Gasteiger partial charge is 0.481 e. The summed E-state index contributed by atoms with van der Waals surface area (Å²) >= 11 is 1.33. The van der Waals surface area contributed by atoms with Crippen molar-refractivity contribution in [2.45, 2.75) is 50.4 Å². The maximum absolute atomic E-state index is 11.7. The number of amides is 2. The molecule has 132 valence electrons. The summed E-state index contributed by atoms with van der Waals surface area (Å²) in [5.41, 5.74) is 0. The molecule has 0 aromatic rings. The van der Waals surface area contributed by atoms with Crippen LogP contribution in [0.3, 0.4) is 0 Å². The Labute approximate surface area is 137 Å². The monoisotopic (exact) mass is 350 g/mol. The number of nitrogens with one attached hydrogen (secondary N) is 2. The number of carboxylic acid groups (broad SMARTS) is 3. The number of carbonyl (C=O) groups is 4. The molecule has 5 N–H and O–H groups in total. The summed E-state index contributed by atoms with van der Waals surface area (Å²) in [6, 6.07) is -3.56. The number of thioether (sulfide) groups is 1. The summed E-state index contributed by atoms with van der Waals surface area (Å²) in [5.74, 6) is -3.71. The van der Waals surface area contributed by atoms with Gasteiger partial charge in [-0.15, -0.1) is 0 Å². The van der Waals surface area contributed by atoms with Crippen LogP contribution >= 0.6 is 11.8 Å². The van der Waals surface area contributed by atoms with Gasteiger partial charge in [0.25, 0.3) is 0 Å². The molecule has 2 amide bonds. The topological polar surface area (TPSA) is 153 Å².